The highest BCUT2D eigenvalue weighted by atomic mass is 16.2. The van der Waals surface area contributed by atoms with Gasteiger partial charge >= 0.3 is 0 Å². The number of nitrogens with one attached hydrogen (secondary N) is 3. The summed E-state index contributed by atoms with van der Waals surface area (Å²) in [7, 11) is 1.84. The van der Waals surface area contributed by atoms with Crippen molar-refractivity contribution in [1.29, 1.82) is 0 Å². The van der Waals surface area contributed by atoms with E-state index in [1.54, 1.807) is 16.8 Å². The molecule has 0 fully saturated rings. The number of hydrogen-bond acceptors (Lipinski definition) is 4. The van der Waals surface area contributed by atoms with Crippen LogP contribution in [0.25, 0.3) is 0 Å². The molecule has 2 amide bonds. The van der Waals surface area contributed by atoms with E-state index in [0.717, 1.165) is 28.3 Å². The largest absolute Gasteiger partial charge is 0.376 e. The lowest BCUT2D eigenvalue weighted by atomic mass is 10.1. The van der Waals surface area contributed by atoms with E-state index in [-0.39, 0.29) is 18.4 Å². The van der Waals surface area contributed by atoms with Gasteiger partial charge in [-0.25, -0.2) is 0 Å². The number of amides is 2. The summed E-state index contributed by atoms with van der Waals surface area (Å²) < 4.78 is 1.74. The van der Waals surface area contributed by atoms with E-state index < -0.39 is 0 Å². The predicted octanol–water partition coefficient (Wildman–Crippen LogP) is 2.15. The minimum absolute atomic E-state index is 0.0996. The number of carbonyl (C=O) groups excluding carboxylic acids is 2. The average Bonchev–Trinajstić information content (AvgIpc) is 2.80. The topological polar surface area (TPSA) is 88.1 Å². The quantitative estimate of drug-likeness (QED) is 0.750. The molecule has 3 N–H and O–H groups in total. The normalized spacial score (nSPS) is 10.4. The van der Waals surface area contributed by atoms with Crippen LogP contribution >= 0.6 is 0 Å². The molecule has 0 saturated carbocycles. The standard InChI is InChI=1S/C18H25N5O2/c1-6-19-18(25)14-7-8-15(11(2)9-14)20-10-16(24)21-17-12(3)22-23(5)13(17)4/h7-9,20H,6,10H2,1-5H3,(H,19,25)(H,21,24). The Balaban J connectivity index is 1.99. The van der Waals surface area contributed by atoms with Gasteiger partial charge in [0, 0.05) is 24.8 Å². The Hall–Kier alpha value is -2.83. The zero-order chi connectivity index (χ0) is 18.6. The third kappa shape index (κ3) is 4.37. The van der Waals surface area contributed by atoms with Crippen LogP contribution in [0.2, 0.25) is 0 Å². The summed E-state index contributed by atoms with van der Waals surface area (Å²) in [6, 6.07) is 5.36. The van der Waals surface area contributed by atoms with Gasteiger partial charge in [0.1, 0.15) is 0 Å². The number of anilines is 2. The van der Waals surface area contributed by atoms with Crippen molar-refractivity contribution in [3.63, 3.8) is 0 Å². The molecule has 0 radical (unpaired) electrons. The van der Waals surface area contributed by atoms with Crippen molar-refractivity contribution in [2.45, 2.75) is 27.7 Å². The number of nitrogens with zero attached hydrogens (tertiary/aromatic N) is 2. The summed E-state index contributed by atoms with van der Waals surface area (Å²) in [5.41, 5.74) is 4.78. The Morgan fingerprint density at radius 3 is 2.48 bits per heavy atom. The maximum atomic E-state index is 12.2. The minimum Gasteiger partial charge on any atom is -0.376 e. The molecule has 7 heteroatoms. The monoisotopic (exact) mass is 343 g/mol. The second-order valence-corrected chi connectivity index (χ2v) is 5.96. The molecule has 0 spiro atoms. The molecule has 0 bridgehead atoms. The van der Waals surface area contributed by atoms with Gasteiger partial charge in [-0.15, -0.1) is 0 Å². The van der Waals surface area contributed by atoms with Gasteiger partial charge in [-0.1, -0.05) is 0 Å². The van der Waals surface area contributed by atoms with E-state index in [0.29, 0.717) is 12.1 Å². The van der Waals surface area contributed by atoms with Gasteiger partial charge in [0.2, 0.25) is 5.91 Å². The molecule has 25 heavy (non-hydrogen) atoms. The fourth-order valence-electron chi connectivity index (χ4n) is 2.58. The molecular weight excluding hydrogens is 318 g/mol. The fourth-order valence-corrected chi connectivity index (χ4v) is 2.58. The summed E-state index contributed by atoms with van der Waals surface area (Å²) in [5, 5.41) is 13.0. The molecule has 134 valence electrons. The van der Waals surface area contributed by atoms with Crippen LogP contribution in [0.15, 0.2) is 18.2 Å². The minimum atomic E-state index is -0.147. The lowest BCUT2D eigenvalue weighted by molar-refractivity contribution is -0.114. The van der Waals surface area contributed by atoms with E-state index in [1.165, 1.54) is 0 Å². The molecule has 1 heterocycles. The highest BCUT2D eigenvalue weighted by Gasteiger charge is 2.13. The van der Waals surface area contributed by atoms with Crippen molar-refractivity contribution in [3.8, 4) is 0 Å². The van der Waals surface area contributed by atoms with Crippen LogP contribution in [0.5, 0.6) is 0 Å². The van der Waals surface area contributed by atoms with Crippen molar-refractivity contribution < 1.29 is 9.59 Å². The Labute approximate surface area is 147 Å². The number of rotatable bonds is 6. The molecular formula is C18H25N5O2. The molecule has 0 aliphatic carbocycles. The van der Waals surface area contributed by atoms with Crippen LogP contribution < -0.4 is 16.0 Å². The summed E-state index contributed by atoms with van der Waals surface area (Å²) in [6.07, 6.45) is 0. The predicted molar refractivity (Wildman–Crippen MR) is 99.0 cm³/mol. The van der Waals surface area contributed by atoms with Crippen molar-refractivity contribution in [2.75, 3.05) is 23.7 Å². The van der Waals surface area contributed by atoms with Crippen molar-refractivity contribution >= 4 is 23.2 Å². The second kappa shape index (κ2) is 7.83. The maximum absolute atomic E-state index is 12.2. The van der Waals surface area contributed by atoms with E-state index in [4.69, 9.17) is 0 Å². The van der Waals surface area contributed by atoms with Crippen LogP contribution in [-0.2, 0) is 11.8 Å². The number of aromatic nitrogens is 2. The van der Waals surface area contributed by atoms with Crippen LogP contribution in [0, 0.1) is 20.8 Å². The first-order chi connectivity index (χ1) is 11.8. The fraction of sp³-hybridized carbons (Fsp3) is 0.389. The third-order valence-corrected chi connectivity index (χ3v) is 4.04. The smallest absolute Gasteiger partial charge is 0.251 e. The molecule has 0 aliphatic heterocycles. The van der Waals surface area contributed by atoms with Crippen LogP contribution in [0.3, 0.4) is 0 Å². The molecule has 7 nitrogen and oxygen atoms in total. The Morgan fingerprint density at radius 2 is 1.92 bits per heavy atom. The highest BCUT2D eigenvalue weighted by Crippen LogP contribution is 2.19. The third-order valence-electron chi connectivity index (χ3n) is 4.04. The first kappa shape index (κ1) is 18.5. The summed E-state index contributed by atoms with van der Waals surface area (Å²) in [6.45, 7) is 8.28. The first-order valence-electron chi connectivity index (χ1n) is 8.26. The molecule has 2 aromatic rings. The number of aryl methyl sites for hydroxylation is 3. The van der Waals surface area contributed by atoms with Crippen molar-refractivity contribution in [3.05, 3.63) is 40.7 Å². The second-order valence-electron chi connectivity index (χ2n) is 5.96. The summed E-state index contributed by atoms with van der Waals surface area (Å²) in [4.78, 5) is 24.0. The van der Waals surface area contributed by atoms with Gasteiger partial charge in [0.15, 0.2) is 0 Å². The van der Waals surface area contributed by atoms with Crippen LogP contribution in [0.4, 0.5) is 11.4 Å². The molecule has 0 saturated heterocycles. The molecule has 2 rings (SSSR count). The number of benzene rings is 1. The molecule has 0 unspecified atom stereocenters. The Kier molecular flexibility index (Phi) is 5.80. The van der Waals surface area contributed by atoms with Crippen molar-refractivity contribution in [1.82, 2.24) is 15.1 Å². The van der Waals surface area contributed by atoms with Crippen LogP contribution in [0.1, 0.15) is 34.2 Å². The van der Waals surface area contributed by atoms with Gasteiger partial charge in [0.25, 0.3) is 5.91 Å². The SMILES string of the molecule is CCNC(=O)c1ccc(NCC(=O)Nc2c(C)nn(C)c2C)c(C)c1. The van der Waals surface area contributed by atoms with Gasteiger partial charge in [-0.3, -0.25) is 14.3 Å². The zero-order valence-electron chi connectivity index (χ0n) is 15.4. The molecule has 1 aromatic heterocycles. The lowest BCUT2D eigenvalue weighted by Gasteiger charge is -2.12. The maximum Gasteiger partial charge on any atom is 0.251 e. The number of carbonyl (C=O) groups is 2. The van der Waals surface area contributed by atoms with E-state index >= 15 is 0 Å². The summed E-state index contributed by atoms with van der Waals surface area (Å²) >= 11 is 0. The zero-order valence-corrected chi connectivity index (χ0v) is 15.4. The molecule has 1 aromatic carbocycles. The van der Waals surface area contributed by atoms with E-state index in [1.807, 2.05) is 40.8 Å². The Morgan fingerprint density at radius 1 is 1.20 bits per heavy atom. The van der Waals surface area contributed by atoms with Gasteiger partial charge in [-0.05, 0) is 51.5 Å². The highest BCUT2D eigenvalue weighted by molar-refractivity contribution is 5.96. The van der Waals surface area contributed by atoms with Crippen molar-refractivity contribution in [2.24, 2.45) is 7.05 Å². The summed E-state index contributed by atoms with van der Waals surface area (Å²) in [5.74, 6) is -0.246. The first-order valence-corrected chi connectivity index (χ1v) is 8.26. The average molecular weight is 343 g/mol. The number of hydrogen-bond donors (Lipinski definition) is 3. The van der Waals surface area contributed by atoms with E-state index in [9.17, 15) is 9.59 Å². The van der Waals surface area contributed by atoms with Crippen LogP contribution in [-0.4, -0.2) is 34.7 Å². The van der Waals surface area contributed by atoms with Gasteiger partial charge in [0.05, 0.1) is 23.6 Å². The Bertz CT molecular complexity index is 795. The van der Waals surface area contributed by atoms with Gasteiger partial charge in [-0.2, -0.15) is 5.10 Å². The molecule has 0 aliphatic rings. The lowest BCUT2D eigenvalue weighted by Crippen LogP contribution is -2.24. The van der Waals surface area contributed by atoms with Gasteiger partial charge < -0.3 is 16.0 Å². The molecule has 0 atom stereocenters. The van der Waals surface area contributed by atoms with E-state index in [2.05, 4.69) is 21.0 Å².